The van der Waals surface area contributed by atoms with Gasteiger partial charge in [0.15, 0.2) is 9.84 Å². The molecular weight excluding hydrogens is 222 g/mol. The number of sulfone groups is 1. The van der Waals surface area contributed by atoms with E-state index in [9.17, 15) is 8.42 Å². The second-order valence-electron chi connectivity index (χ2n) is 2.34. The first-order chi connectivity index (χ1) is 4.45. The smallest absolute Gasteiger partial charge is 0.167 e. The van der Waals surface area contributed by atoms with Crippen molar-refractivity contribution in [3.8, 4) is 0 Å². The van der Waals surface area contributed by atoms with Crippen molar-refractivity contribution in [3.63, 3.8) is 0 Å². The average Bonchev–Trinajstić information content (AvgIpc) is 1.95. The minimum absolute atomic E-state index is 0.135. The van der Waals surface area contributed by atoms with Gasteiger partial charge in [0.05, 0.1) is 11.9 Å². The average molecular weight is 230 g/mol. The van der Waals surface area contributed by atoms with Gasteiger partial charge in [-0.25, -0.2) is 8.42 Å². The first kappa shape index (κ1) is 8.45. The summed E-state index contributed by atoms with van der Waals surface area (Å²) in [6.45, 7) is 0. The summed E-state index contributed by atoms with van der Waals surface area (Å²) in [6.07, 6.45) is -0.968. The maximum atomic E-state index is 10.9. The molecule has 0 aromatic rings. The van der Waals surface area contributed by atoms with Crippen molar-refractivity contribution >= 4 is 25.8 Å². The molecule has 1 heterocycles. The highest BCUT2D eigenvalue weighted by Crippen LogP contribution is 2.24. The van der Waals surface area contributed by atoms with Gasteiger partial charge in [0.2, 0.25) is 0 Å². The molecule has 1 rings (SSSR count). The van der Waals surface area contributed by atoms with Crippen molar-refractivity contribution in [2.75, 3.05) is 5.75 Å². The highest BCUT2D eigenvalue weighted by Gasteiger charge is 2.42. The molecule has 3 unspecified atom stereocenters. The van der Waals surface area contributed by atoms with Crippen molar-refractivity contribution in [1.29, 1.82) is 0 Å². The zero-order chi connectivity index (χ0) is 7.94. The van der Waals surface area contributed by atoms with E-state index in [0.29, 0.717) is 0 Å². The number of aliphatic hydroxyl groups is 1. The van der Waals surface area contributed by atoms with Gasteiger partial charge in [-0.1, -0.05) is 15.9 Å². The fraction of sp³-hybridized carbons (Fsp3) is 1.00. The predicted molar refractivity (Wildman–Crippen MR) is 40.5 cm³/mol. The number of halogens is 1. The van der Waals surface area contributed by atoms with Crippen LogP contribution in [0.5, 0.6) is 0 Å². The Kier molecular flexibility index (Phi) is 2.06. The summed E-state index contributed by atoms with van der Waals surface area (Å²) in [4.78, 5) is 0. The topological polar surface area (TPSA) is 80.4 Å². The molecule has 6 heteroatoms. The van der Waals surface area contributed by atoms with Crippen LogP contribution in [0.1, 0.15) is 0 Å². The van der Waals surface area contributed by atoms with E-state index in [4.69, 9.17) is 10.8 Å². The Morgan fingerprint density at radius 3 is 2.20 bits per heavy atom. The van der Waals surface area contributed by atoms with E-state index in [-0.39, 0.29) is 5.75 Å². The van der Waals surface area contributed by atoms with Crippen molar-refractivity contribution in [2.45, 2.75) is 16.3 Å². The lowest BCUT2D eigenvalue weighted by Crippen LogP contribution is -2.34. The highest BCUT2D eigenvalue weighted by molar-refractivity contribution is 9.11. The SMILES string of the molecule is NC1CS(=O)(=O)C(Br)C1O. The van der Waals surface area contributed by atoms with E-state index < -0.39 is 26.1 Å². The zero-order valence-electron chi connectivity index (χ0n) is 5.07. The lowest BCUT2D eigenvalue weighted by Gasteiger charge is -2.07. The van der Waals surface area contributed by atoms with Crippen molar-refractivity contribution < 1.29 is 13.5 Å². The summed E-state index contributed by atoms with van der Waals surface area (Å²) in [5, 5.41) is 9.05. The number of nitrogens with two attached hydrogens (primary N) is 1. The molecule has 4 nitrogen and oxygen atoms in total. The molecule has 0 bridgehead atoms. The lowest BCUT2D eigenvalue weighted by molar-refractivity contribution is 0.177. The Balaban J connectivity index is 2.93. The van der Waals surface area contributed by atoms with E-state index >= 15 is 0 Å². The van der Waals surface area contributed by atoms with Gasteiger partial charge in [-0.3, -0.25) is 0 Å². The predicted octanol–water partition coefficient (Wildman–Crippen LogP) is -1.18. The molecule has 0 aliphatic carbocycles. The molecule has 0 amide bonds. The summed E-state index contributed by atoms with van der Waals surface area (Å²) in [7, 11) is -3.18. The van der Waals surface area contributed by atoms with Gasteiger partial charge in [-0.05, 0) is 0 Å². The first-order valence-electron chi connectivity index (χ1n) is 2.74. The fourth-order valence-electron chi connectivity index (χ4n) is 0.866. The third-order valence-corrected chi connectivity index (χ3v) is 5.54. The minimum atomic E-state index is -3.18. The number of hydrogen-bond donors (Lipinski definition) is 2. The molecular formula is C4H8BrNO3S. The minimum Gasteiger partial charge on any atom is -0.389 e. The van der Waals surface area contributed by atoms with Crippen molar-refractivity contribution in [1.82, 2.24) is 0 Å². The van der Waals surface area contributed by atoms with Gasteiger partial charge in [-0.2, -0.15) is 0 Å². The van der Waals surface area contributed by atoms with Crippen LogP contribution in [0.2, 0.25) is 0 Å². The number of aliphatic hydroxyl groups excluding tert-OH is 1. The van der Waals surface area contributed by atoms with Crippen LogP contribution in [0.3, 0.4) is 0 Å². The summed E-state index contributed by atoms with van der Waals surface area (Å²) < 4.78 is 20.9. The molecule has 0 spiro atoms. The van der Waals surface area contributed by atoms with Crippen LogP contribution in [-0.4, -0.2) is 35.6 Å². The standard InChI is InChI=1S/C4H8BrNO3S/c5-4-3(7)2(6)1-10(4,8)9/h2-4,7H,1,6H2. The van der Waals surface area contributed by atoms with Crippen LogP contribution < -0.4 is 5.73 Å². The van der Waals surface area contributed by atoms with Crippen molar-refractivity contribution in [3.05, 3.63) is 0 Å². The molecule has 1 aliphatic heterocycles. The Morgan fingerprint density at radius 1 is 1.60 bits per heavy atom. The van der Waals surface area contributed by atoms with Crippen LogP contribution in [0.15, 0.2) is 0 Å². The third-order valence-electron chi connectivity index (χ3n) is 1.48. The molecule has 3 atom stereocenters. The Hall–Kier alpha value is 0.350. The fourth-order valence-corrected chi connectivity index (χ4v) is 3.26. The molecule has 0 radical (unpaired) electrons. The van der Waals surface area contributed by atoms with Crippen LogP contribution in [0.25, 0.3) is 0 Å². The van der Waals surface area contributed by atoms with Gasteiger partial charge in [0, 0.05) is 6.04 Å². The van der Waals surface area contributed by atoms with E-state index in [1.807, 2.05) is 0 Å². The number of hydrogen-bond acceptors (Lipinski definition) is 4. The largest absolute Gasteiger partial charge is 0.389 e. The molecule has 0 saturated carbocycles. The van der Waals surface area contributed by atoms with Crippen LogP contribution in [0, 0.1) is 0 Å². The van der Waals surface area contributed by atoms with E-state index in [0.717, 1.165) is 0 Å². The summed E-state index contributed by atoms with van der Waals surface area (Å²) in [5.74, 6) is -0.135. The van der Waals surface area contributed by atoms with Crippen molar-refractivity contribution in [2.24, 2.45) is 5.73 Å². The van der Waals surface area contributed by atoms with Crippen LogP contribution in [-0.2, 0) is 9.84 Å². The third kappa shape index (κ3) is 1.20. The van der Waals surface area contributed by atoms with E-state index in [1.54, 1.807) is 0 Å². The summed E-state index contributed by atoms with van der Waals surface area (Å²) in [6, 6.07) is -0.644. The highest BCUT2D eigenvalue weighted by atomic mass is 79.9. The maximum Gasteiger partial charge on any atom is 0.167 e. The first-order valence-corrected chi connectivity index (χ1v) is 5.37. The second-order valence-corrected chi connectivity index (χ2v) is 6.09. The Bertz CT molecular complexity index is 227. The maximum absolute atomic E-state index is 10.9. The second kappa shape index (κ2) is 2.44. The number of rotatable bonds is 0. The van der Waals surface area contributed by atoms with Gasteiger partial charge in [-0.15, -0.1) is 0 Å². The summed E-state index contributed by atoms with van der Waals surface area (Å²) in [5.41, 5.74) is 5.29. The Morgan fingerprint density at radius 2 is 2.10 bits per heavy atom. The van der Waals surface area contributed by atoms with Gasteiger partial charge < -0.3 is 10.8 Å². The van der Waals surface area contributed by atoms with Gasteiger partial charge in [0.1, 0.15) is 4.16 Å². The lowest BCUT2D eigenvalue weighted by atomic mass is 10.2. The molecule has 1 fully saturated rings. The molecule has 10 heavy (non-hydrogen) atoms. The van der Waals surface area contributed by atoms with Crippen LogP contribution >= 0.6 is 15.9 Å². The quantitative estimate of drug-likeness (QED) is 0.513. The van der Waals surface area contributed by atoms with E-state index in [1.165, 1.54) is 0 Å². The normalized spacial score (nSPS) is 45.7. The van der Waals surface area contributed by atoms with Gasteiger partial charge >= 0.3 is 0 Å². The van der Waals surface area contributed by atoms with Crippen LogP contribution in [0.4, 0.5) is 0 Å². The van der Waals surface area contributed by atoms with E-state index in [2.05, 4.69) is 15.9 Å². The number of alkyl halides is 1. The van der Waals surface area contributed by atoms with Gasteiger partial charge in [0.25, 0.3) is 0 Å². The molecule has 0 aromatic carbocycles. The molecule has 0 aromatic heterocycles. The zero-order valence-corrected chi connectivity index (χ0v) is 7.47. The summed E-state index contributed by atoms with van der Waals surface area (Å²) >= 11 is 2.85. The molecule has 1 saturated heterocycles. The Labute approximate surface area is 67.5 Å². The monoisotopic (exact) mass is 229 g/mol. The molecule has 1 aliphatic rings. The molecule has 60 valence electrons. The molecule has 3 N–H and O–H groups in total.